The Morgan fingerprint density at radius 1 is 1.20 bits per heavy atom. The fourth-order valence-electron chi connectivity index (χ4n) is 2.14. The maximum absolute atomic E-state index is 10.2. The molecular weight excluding hydrogens is 184 g/mol. The van der Waals surface area contributed by atoms with Crippen molar-refractivity contribution in [1.29, 1.82) is 0 Å². The molecule has 0 aliphatic carbocycles. The van der Waals surface area contributed by atoms with Crippen LogP contribution in [0, 0.1) is 13.8 Å². The van der Waals surface area contributed by atoms with Crippen molar-refractivity contribution in [2.45, 2.75) is 52.6 Å². The van der Waals surface area contributed by atoms with Crippen molar-refractivity contribution in [2.24, 2.45) is 0 Å². The molecule has 0 bridgehead atoms. The van der Waals surface area contributed by atoms with Gasteiger partial charge in [0.25, 0.3) is 0 Å². The standard InChI is InChI=1S/C14H22O/c1-5-9-14(4,15)10-13-11(2)7-6-8-12(13)3/h6-8,15H,5,9-10H2,1-4H3. The normalized spacial score (nSPS) is 15.0. The van der Waals surface area contributed by atoms with E-state index in [9.17, 15) is 5.11 Å². The molecule has 0 saturated carbocycles. The van der Waals surface area contributed by atoms with E-state index in [0.29, 0.717) is 0 Å². The molecule has 1 aromatic rings. The summed E-state index contributed by atoms with van der Waals surface area (Å²) in [6, 6.07) is 6.30. The van der Waals surface area contributed by atoms with Gasteiger partial charge in [0.15, 0.2) is 0 Å². The Hall–Kier alpha value is -0.820. The Balaban J connectivity index is 2.89. The topological polar surface area (TPSA) is 20.2 Å². The molecule has 1 unspecified atom stereocenters. The van der Waals surface area contributed by atoms with Crippen LogP contribution in [0.2, 0.25) is 0 Å². The van der Waals surface area contributed by atoms with E-state index < -0.39 is 5.60 Å². The molecule has 0 saturated heterocycles. The van der Waals surface area contributed by atoms with E-state index in [4.69, 9.17) is 0 Å². The summed E-state index contributed by atoms with van der Waals surface area (Å²) >= 11 is 0. The van der Waals surface area contributed by atoms with Crippen LogP contribution in [0.1, 0.15) is 43.4 Å². The highest BCUT2D eigenvalue weighted by Gasteiger charge is 2.21. The summed E-state index contributed by atoms with van der Waals surface area (Å²) in [4.78, 5) is 0. The van der Waals surface area contributed by atoms with Gasteiger partial charge in [-0.15, -0.1) is 0 Å². The van der Waals surface area contributed by atoms with Gasteiger partial charge < -0.3 is 5.11 Å². The number of hydrogen-bond acceptors (Lipinski definition) is 1. The fraction of sp³-hybridized carbons (Fsp3) is 0.571. The number of hydrogen-bond donors (Lipinski definition) is 1. The highest BCUT2D eigenvalue weighted by molar-refractivity contribution is 5.34. The second-order valence-electron chi connectivity index (χ2n) is 4.79. The number of rotatable bonds is 4. The van der Waals surface area contributed by atoms with Gasteiger partial charge in [-0.25, -0.2) is 0 Å². The molecule has 0 spiro atoms. The van der Waals surface area contributed by atoms with Crippen molar-refractivity contribution in [2.75, 3.05) is 0 Å². The lowest BCUT2D eigenvalue weighted by Crippen LogP contribution is -2.27. The third-order valence-electron chi connectivity index (χ3n) is 2.99. The Bertz CT molecular complexity index is 306. The molecule has 1 nitrogen and oxygen atoms in total. The minimum Gasteiger partial charge on any atom is -0.390 e. The summed E-state index contributed by atoms with van der Waals surface area (Å²) in [6.07, 6.45) is 2.65. The predicted molar refractivity (Wildman–Crippen MR) is 65.2 cm³/mol. The van der Waals surface area contributed by atoms with Gasteiger partial charge in [-0.05, 0) is 43.9 Å². The first-order chi connectivity index (χ1) is 6.96. The first kappa shape index (κ1) is 12.3. The molecule has 0 radical (unpaired) electrons. The van der Waals surface area contributed by atoms with Crippen LogP contribution in [0.5, 0.6) is 0 Å². The predicted octanol–water partition coefficient (Wildman–Crippen LogP) is 3.40. The van der Waals surface area contributed by atoms with Crippen LogP contribution in [0.3, 0.4) is 0 Å². The van der Waals surface area contributed by atoms with Crippen LogP contribution in [-0.4, -0.2) is 10.7 Å². The third-order valence-corrected chi connectivity index (χ3v) is 2.99. The van der Waals surface area contributed by atoms with Gasteiger partial charge >= 0.3 is 0 Å². The molecule has 84 valence electrons. The summed E-state index contributed by atoms with van der Waals surface area (Å²) in [5, 5.41) is 10.2. The molecule has 0 aliphatic heterocycles. The molecule has 1 aromatic carbocycles. The first-order valence-electron chi connectivity index (χ1n) is 5.74. The molecule has 1 rings (SSSR count). The highest BCUT2D eigenvalue weighted by atomic mass is 16.3. The van der Waals surface area contributed by atoms with Crippen LogP contribution >= 0.6 is 0 Å². The van der Waals surface area contributed by atoms with Gasteiger partial charge in [-0.1, -0.05) is 31.5 Å². The summed E-state index contributed by atoms with van der Waals surface area (Å²) < 4.78 is 0. The Kier molecular flexibility index (Phi) is 3.92. The maximum Gasteiger partial charge on any atom is 0.0660 e. The van der Waals surface area contributed by atoms with Crippen LogP contribution in [-0.2, 0) is 6.42 Å². The fourth-order valence-corrected chi connectivity index (χ4v) is 2.14. The molecular formula is C14H22O. The van der Waals surface area contributed by atoms with Crippen LogP contribution in [0.25, 0.3) is 0 Å². The number of aryl methyl sites for hydroxylation is 2. The van der Waals surface area contributed by atoms with Gasteiger partial charge in [0, 0.05) is 6.42 Å². The molecule has 0 aromatic heterocycles. The van der Waals surface area contributed by atoms with E-state index in [1.807, 2.05) is 6.92 Å². The average Bonchev–Trinajstić information content (AvgIpc) is 2.11. The van der Waals surface area contributed by atoms with Crippen molar-refractivity contribution < 1.29 is 5.11 Å². The van der Waals surface area contributed by atoms with E-state index in [0.717, 1.165) is 19.3 Å². The molecule has 0 amide bonds. The lowest BCUT2D eigenvalue weighted by Gasteiger charge is -2.24. The van der Waals surface area contributed by atoms with E-state index in [1.165, 1.54) is 16.7 Å². The molecule has 15 heavy (non-hydrogen) atoms. The zero-order valence-corrected chi connectivity index (χ0v) is 10.3. The number of aliphatic hydroxyl groups is 1. The Morgan fingerprint density at radius 3 is 2.20 bits per heavy atom. The molecule has 0 aliphatic rings. The minimum absolute atomic E-state index is 0.564. The van der Waals surface area contributed by atoms with Gasteiger partial charge in [-0.2, -0.15) is 0 Å². The Labute approximate surface area is 93.1 Å². The zero-order valence-electron chi connectivity index (χ0n) is 10.3. The minimum atomic E-state index is -0.564. The maximum atomic E-state index is 10.2. The largest absolute Gasteiger partial charge is 0.390 e. The smallest absolute Gasteiger partial charge is 0.0660 e. The van der Waals surface area contributed by atoms with Crippen LogP contribution in [0.4, 0.5) is 0 Å². The quantitative estimate of drug-likeness (QED) is 0.800. The third kappa shape index (κ3) is 3.35. The van der Waals surface area contributed by atoms with Crippen molar-refractivity contribution >= 4 is 0 Å². The van der Waals surface area contributed by atoms with Crippen molar-refractivity contribution in [1.82, 2.24) is 0 Å². The van der Waals surface area contributed by atoms with E-state index in [2.05, 4.69) is 39.0 Å². The van der Waals surface area contributed by atoms with E-state index >= 15 is 0 Å². The van der Waals surface area contributed by atoms with Crippen molar-refractivity contribution in [3.05, 3.63) is 34.9 Å². The van der Waals surface area contributed by atoms with Crippen LogP contribution < -0.4 is 0 Å². The van der Waals surface area contributed by atoms with Gasteiger partial charge in [0.2, 0.25) is 0 Å². The summed E-state index contributed by atoms with van der Waals surface area (Å²) in [7, 11) is 0. The highest BCUT2D eigenvalue weighted by Crippen LogP contribution is 2.23. The molecule has 0 heterocycles. The van der Waals surface area contributed by atoms with Crippen molar-refractivity contribution in [3.8, 4) is 0 Å². The summed E-state index contributed by atoms with van der Waals surface area (Å²) in [5.74, 6) is 0. The monoisotopic (exact) mass is 206 g/mol. The lowest BCUT2D eigenvalue weighted by molar-refractivity contribution is 0.0502. The SMILES string of the molecule is CCCC(C)(O)Cc1c(C)cccc1C. The average molecular weight is 206 g/mol. The van der Waals surface area contributed by atoms with Gasteiger partial charge in [-0.3, -0.25) is 0 Å². The zero-order chi connectivity index (χ0) is 11.5. The second-order valence-corrected chi connectivity index (χ2v) is 4.79. The van der Waals surface area contributed by atoms with Crippen LogP contribution in [0.15, 0.2) is 18.2 Å². The first-order valence-corrected chi connectivity index (χ1v) is 5.74. The second kappa shape index (κ2) is 4.80. The van der Waals surface area contributed by atoms with Gasteiger partial charge in [0.05, 0.1) is 5.60 Å². The molecule has 1 atom stereocenters. The number of benzene rings is 1. The molecule has 0 fully saturated rings. The lowest BCUT2D eigenvalue weighted by atomic mass is 9.88. The molecule has 1 N–H and O–H groups in total. The Morgan fingerprint density at radius 2 is 1.73 bits per heavy atom. The summed E-state index contributed by atoms with van der Waals surface area (Å²) in [6.45, 7) is 8.27. The van der Waals surface area contributed by atoms with Crippen molar-refractivity contribution in [3.63, 3.8) is 0 Å². The molecule has 1 heteroatoms. The summed E-state index contributed by atoms with van der Waals surface area (Å²) in [5.41, 5.74) is 3.31. The van der Waals surface area contributed by atoms with E-state index in [-0.39, 0.29) is 0 Å². The van der Waals surface area contributed by atoms with Gasteiger partial charge in [0.1, 0.15) is 0 Å². The van der Waals surface area contributed by atoms with E-state index in [1.54, 1.807) is 0 Å².